The topological polar surface area (TPSA) is 33.0 Å². The molecular formula is C26H33NO. The van der Waals surface area contributed by atoms with E-state index in [0.717, 1.165) is 42.7 Å². The number of aryl methyl sites for hydroxylation is 1. The van der Waals surface area contributed by atoms with Gasteiger partial charge in [0, 0.05) is 0 Å². The first kappa shape index (κ1) is 21.8. The molecule has 0 aliphatic heterocycles. The number of benzene rings is 2. The van der Waals surface area contributed by atoms with E-state index >= 15 is 0 Å². The number of unbranched alkanes of at least 4 members (excludes halogenated alkanes) is 5. The van der Waals surface area contributed by atoms with Gasteiger partial charge in [0.1, 0.15) is 5.75 Å². The molecule has 0 saturated heterocycles. The third kappa shape index (κ3) is 7.24. The molecule has 0 aromatic heterocycles. The summed E-state index contributed by atoms with van der Waals surface area (Å²) in [6.07, 6.45) is 11.6. The number of hydrogen-bond acceptors (Lipinski definition) is 2. The van der Waals surface area contributed by atoms with Crippen molar-refractivity contribution in [3.05, 3.63) is 65.2 Å². The van der Waals surface area contributed by atoms with Gasteiger partial charge in [-0.05, 0) is 66.3 Å². The Balaban J connectivity index is 2.08. The molecule has 0 heterocycles. The average Bonchev–Trinajstić information content (AvgIpc) is 2.73. The monoisotopic (exact) mass is 375 g/mol. The van der Waals surface area contributed by atoms with Gasteiger partial charge in [-0.2, -0.15) is 5.26 Å². The van der Waals surface area contributed by atoms with Crippen molar-refractivity contribution in [1.29, 1.82) is 5.26 Å². The van der Waals surface area contributed by atoms with Crippen LogP contribution < -0.4 is 4.74 Å². The van der Waals surface area contributed by atoms with Crippen molar-refractivity contribution in [3.8, 4) is 11.8 Å². The van der Waals surface area contributed by atoms with E-state index in [2.05, 4.69) is 38.1 Å². The van der Waals surface area contributed by atoms with E-state index < -0.39 is 0 Å². The molecule has 28 heavy (non-hydrogen) atoms. The SMILES string of the molecule is CCCCCCCc1ccccc1C=C(C#N)c1ccc(OCCCC)cc1. The Labute approximate surface area is 170 Å². The Morgan fingerprint density at radius 2 is 1.61 bits per heavy atom. The van der Waals surface area contributed by atoms with Gasteiger partial charge < -0.3 is 4.74 Å². The maximum Gasteiger partial charge on any atom is 0.119 e. The first-order valence-electron chi connectivity index (χ1n) is 10.7. The van der Waals surface area contributed by atoms with Crippen molar-refractivity contribution in [1.82, 2.24) is 0 Å². The fourth-order valence-electron chi connectivity index (χ4n) is 3.22. The summed E-state index contributed by atoms with van der Waals surface area (Å²) >= 11 is 0. The molecule has 0 amide bonds. The summed E-state index contributed by atoms with van der Waals surface area (Å²) in [5.74, 6) is 0.863. The van der Waals surface area contributed by atoms with Gasteiger partial charge in [0.25, 0.3) is 0 Å². The van der Waals surface area contributed by atoms with Crippen molar-refractivity contribution in [3.63, 3.8) is 0 Å². The predicted molar refractivity (Wildman–Crippen MR) is 119 cm³/mol. The second kappa shape index (κ2) is 12.8. The normalized spacial score (nSPS) is 11.2. The minimum atomic E-state index is 0.693. The molecule has 0 N–H and O–H groups in total. The summed E-state index contributed by atoms with van der Waals surface area (Å²) in [5, 5.41) is 9.70. The molecular weight excluding hydrogens is 342 g/mol. The van der Waals surface area contributed by atoms with Crippen LogP contribution in [0, 0.1) is 11.3 Å². The summed E-state index contributed by atoms with van der Waals surface area (Å²) in [6.45, 7) is 5.13. The van der Waals surface area contributed by atoms with Crippen LogP contribution in [0.25, 0.3) is 11.6 Å². The molecule has 2 heteroatoms. The molecule has 0 fully saturated rings. The zero-order valence-electron chi connectivity index (χ0n) is 17.4. The summed E-state index contributed by atoms with van der Waals surface area (Å²) in [7, 11) is 0. The summed E-state index contributed by atoms with van der Waals surface area (Å²) in [4.78, 5) is 0. The van der Waals surface area contributed by atoms with E-state index in [1.807, 2.05) is 36.4 Å². The fraction of sp³-hybridized carbons (Fsp3) is 0.423. The Kier molecular flexibility index (Phi) is 9.94. The highest BCUT2D eigenvalue weighted by atomic mass is 16.5. The molecule has 2 aromatic rings. The van der Waals surface area contributed by atoms with Crippen LogP contribution in [0.5, 0.6) is 5.75 Å². The van der Waals surface area contributed by atoms with Gasteiger partial charge in [-0.1, -0.05) is 70.2 Å². The van der Waals surface area contributed by atoms with Crippen LogP contribution in [0.2, 0.25) is 0 Å². The molecule has 0 saturated carbocycles. The minimum Gasteiger partial charge on any atom is -0.494 e. The fourth-order valence-corrected chi connectivity index (χ4v) is 3.22. The molecule has 148 valence electrons. The summed E-state index contributed by atoms with van der Waals surface area (Å²) < 4.78 is 5.72. The molecule has 0 spiro atoms. The van der Waals surface area contributed by atoms with Gasteiger partial charge in [-0.3, -0.25) is 0 Å². The van der Waals surface area contributed by atoms with Crippen molar-refractivity contribution < 1.29 is 4.74 Å². The molecule has 2 aromatic carbocycles. The van der Waals surface area contributed by atoms with Crippen molar-refractivity contribution >= 4 is 11.6 Å². The summed E-state index contributed by atoms with van der Waals surface area (Å²) in [5.41, 5.74) is 4.10. The maximum absolute atomic E-state index is 9.70. The van der Waals surface area contributed by atoms with Crippen LogP contribution in [0.1, 0.15) is 75.5 Å². The molecule has 0 aliphatic rings. The number of nitriles is 1. The number of allylic oxidation sites excluding steroid dienone is 1. The highest BCUT2D eigenvalue weighted by Crippen LogP contribution is 2.23. The van der Waals surface area contributed by atoms with E-state index in [1.54, 1.807) is 0 Å². The zero-order chi connectivity index (χ0) is 20.0. The lowest BCUT2D eigenvalue weighted by Gasteiger charge is -2.08. The third-order valence-corrected chi connectivity index (χ3v) is 4.96. The van der Waals surface area contributed by atoms with Crippen molar-refractivity contribution in [2.45, 2.75) is 65.2 Å². The van der Waals surface area contributed by atoms with Crippen LogP contribution >= 0.6 is 0 Å². The van der Waals surface area contributed by atoms with E-state index in [9.17, 15) is 5.26 Å². The standard InChI is InChI=1S/C26H33NO/c1-3-5-7-8-9-12-22-13-10-11-14-24(22)20-25(21-27)23-15-17-26(18-16-23)28-19-6-4-2/h10-11,13-18,20H,3-9,12,19H2,1-2H3. The number of nitrogens with zero attached hydrogens (tertiary/aromatic N) is 1. The number of rotatable bonds is 12. The van der Waals surface area contributed by atoms with Gasteiger partial charge in [0.15, 0.2) is 0 Å². The van der Waals surface area contributed by atoms with E-state index in [0.29, 0.717) is 5.57 Å². The lowest BCUT2D eigenvalue weighted by atomic mass is 9.97. The highest BCUT2D eigenvalue weighted by molar-refractivity contribution is 5.90. The lowest BCUT2D eigenvalue weighted by Crippen LogP contribution is -1.96. The predicted octanol–water partition coefficient (Wildman–Crippen LogP) is 7.44. The minimum absolute atomic E-state index is 0.693. The second-order valence-electron chi connectivity index (χ2n) is 7.26. The van der Waals surface area contributed by atoms with Gasteiger partial charge >= 0.3 is 0 Å². The maximum atomic E-state index is 9.70. The molecule has 0 unspecified atom stereocenters. The number of hydrogen-bond donors (Lipinski definition) is 0. The molecule has 2 rings (SSSR count). The van der Waals surface area contributed by atoms with Crippen LogP contribution in [0.3, 0.4) is 0 Å². The summed E-state index contributed by atoms with van der Waals surface area (Å²) in [6, 6.07) is 18.7. The quantitative estimate of drug-likeness (QED) is 0.219. The smallest absolute Gasteiger partial charge is 0.119 e. The molecule has 0 radical (unpaired) electrons. The lowest BCUT2D eigenvalue weighted by molar-refractivity contribution is 0.309. The Hall–Kier alpha value is -2.53. The van der Waals surface area contributed by atoms with Gasteiger partial charge in [0.05, 0.1) is 18.2 Å². The molecule has 0 bridgehead atoms. The van der Waals surface area contributed by atoms with Crippen LogP contribution in [0.4, 0.5) is 0 Å². The Morgan fingerprint density at radius 3 is 2.32 bits per heavy atom. The third-order valence-electron chi connectivity index (χ3n) is 4.96. The molecule has 0 atom stereocenters. The van der Waals surface area contributed by atoms with Crippen molar-refractivity contribution in [2.75, 3.05) is 6.61 Å². The van der Waals surface area contributed by atoms with E-state index in [1.165, 1.54) is 37.7 Å². The second-order valence-corrected chi connectivity index (χ2v) is 7.26. The largest absolute Gasteiger partial charge is 0.494 e. The van der Waals surface area contributed by atoms with E-state index in [-0.39, 0.29) is 0 Å². The number of ether oxygens (including phenoxy) is 1. The van der Waals surface area contributed by atoms with Gasteiger partial charge in [-0.25, -0.2) is 0 Å². The van der Waals surface area contributed by atoms with Crippen molar-refractivity contribution in [2.24, 2.45) is 0 Å². The first-order chi connectivity index (χ1) is 13.8. The van der Waals surface area contributed by atoms with Crippen LogP contribution in [-0.2, 0) is 6.42 Å². The molecule has 0 aliphatic carbocycles. The average molecular weight is 376 g/mol. The first-order valence-corrected chi connectivity index (χ1v) is 10.7. The Bertz CT molecular complexity index is 768. The van der Waals surface area contributed by atoms with Gasteiger partial charge in [-0.15, -0.1) is 0 Å². The Morgan fingerprint density at radius 1 is 0.893 bits per heavy atom. The zero-order valence-corrected chi connectivity index (χ0v) is 17.4. The van der Waals surface area contributed by atoms with E-state index in [4.69, 9.17) is 4.74 Å². The van der Waals surface area contributed by atoms with Gasteiger partial charge in [0.2, 0.25) is 0 Å². The highest BCUT2D eigenvalue weighted by Gasteiger charge is 2.05. The van der Waals surface area contributed by atoms with Crippen LogP contribution in [0.15, 0.2) is 48.5 Å². The van der Waals surface area contributed by atoms with Crippen LogP contribution in [-0.4, -0.2) is 6.61 Å². The molecule has 2 nitrogen and oxygen atoms in total.